The summed E-state index contributed by atoms with van der Waals surface area (Å²) in [6.45, 7) is 0.403. The molecule has 4 heteroatoms. The summed E-state index contributed by atoms with van der Waals surface area (Å²) in [6.07, 6.45) is 1.66. The molecule has 0 aliphatic carbocycles. The van der Waals surface area contributed by atoms with E-state index in [2.05, 4.69) is 4.37 Å². The topological polar surface area (TPSA) is 42.4 Å². The van der Waals surface area contributed by atoms with E-state index in [0.717, 1.165) is 5.06 Å². The van der Waals surface area contributed by atoms with Gasteiger partial charge in [0.2, 0.25) is 0 Å². The van der Waals surface area contributed by atoms with Gasteiger partial charge in [0, 0.05) is 23.8 Å². The number of hydrogen-bond acceptors (Lipinski definition) is 4. The third-order valence-corrected chi connectivity index (χ3v) is 1.41. The van der Waals surface area contributed by atoms with E-state index < -0.39 is 0 Å². The second-order valence-corrected chi connectivity index (χ2v) is 2.20. The summed E-state index contributed by atoms with van der Waals surface area (Å²) in [7, 11) is 0. The number of ether oxygens (including phenoxy) is 1. The van der Waals surface area contributed by atoms with Crippen molar-refractivity contribution in [2.45, 2.75) is 0 Å². The second kappa shape index (κ2) is 3.42. The van der Waals surface area contributed by atoms with Crippen LogP contribution in [0.25, 0.3) is 0 Å². The maximum Gasteiger partial charge on any atom is 0.193 e. The molecule has 1 rings (SSSR count). The van der Waals surface area contributed by atoms with Gasteiger partial charge in [-0.3, -0.25) is 0 Å². The first-order valence-corrected chi connectivity index (χ1v) is 3.35. The quantitative estimate of drug-likeness (QED) is 0.674. The van der Waals surface area contributed by atoms with E-state index >= 15 is 0 Å². The first-order chi connectivity index (χ1) is 4.43. The minimum Gasteiger partial charge on any atom is -0.480 e. The van der Waals surface area contributed by atoms with Gasteiger partial charge in [-0.1, -0.05) is 0 Å². The molecule has 1 N–H and O–H groups in total. The van der Waals surface area contributed by atoms with Crippen LogP contribution in [-0.2, 0) is 0 Å². The molecule has 0 aromatic carbocycles. The lowest BCUT2D eigenvalue weighted by atomic mass is 10.7. The van der Waals surface area contributed by atoms with Gasteiger partial charge in [-0.05, 0) is 0 Å². The van der Waals surface area contributed by atoms with Crippen molar-refractivity contribution < 1.29 is 9.84 Å². The summed E-state index contributed by atoms with van der Waals surface area (Å²) in [5.74, 6) is 0. The Balaban J connectivity index is 2.30. The molecule has 0 aliphatic heterocycles. The first-order valence-electron chi connectivity index (χ1n) is 2.58. The number of aliphatic hydroxyl groups excluding tert-OH is 1. The van der Waals surface area contributed by atoms with Crippen LogP contribution in [0.15, 0.2) is 12.3 Å². The van der Waals surface area contributed by atoms with E-state index in [0.29, 0.717) is 6.61 Å². The third kappa shape index (κ3) is 1.99. The van der Waals surface area contributed by atoms with Crippen LogP contribution in [0, 0.1) is 0 Å². The third-order valence-electron chi connectivity index (χ3n) is 0.750. The smallest absolute Gasteiger partial charge is 0.193 e. The van der Waals surface area contributed by atoms with Crippen LogP contribution >= 0.6 is 11.5 Å². The summed E-state index contributed by atoms with van der Waals surface area (Å²) in [4.78, 5) is 0. The molecule has 9 heavy (non-hydrogen) atoms. The van der Waals surface area contributed by atoms with Gasteiger partial charge in [-0.15, -0.1) is 0 Å². The van der Waals surface area contributed by atoms with Crippen molar-refractivity contribution in [2.24, 2.45) is 0 Å². The molecule has 0 saturated heterocycles. The van der Waals surface area contributed by atoms with Crippen LogP contribution in [0.4, 0.5) is 0 Å². The normalized spacial score (nSPS) is 9.44. The summed E-state index contributed by atoms with van der Waals surface area (Å²) in [6, 6.07) is 1.76. The second-order valence-electron chi connectivity index (χ2n) is 1.40. The Labute approximate surface area is 57.1 Å². The van der Waals surface area contributed by atoms with E-state index in [1.54, 1.807) is 12.3 Å². The zero-order valence-corrected chi connectivity index (χ0v) is 5.60. The molecule has 0 atom stereocenters. The Hall–Kier alpha value is -0.610. The molecule has 1 aromatic heterocycles. The Kier molecular flexibility index (Phi) is 2.48. The summed E-state index contributed by atoms with van der Waals surface area (Å²) in [5.41, 5.74) is 0. The number of aliphatic hydroxyl groups is 1. The average molecular weight is 145 g/mol. The Morgan fingerprint density at radius 1 is 1.78 bits per heavy atom. The first kappa shape index (κ1) is 6.51. The number of hydrogen-bond donors (Lipinski definition) is 1. The number of aromatic nitrogens is 1. The Bertz CT molecular complexity index is 152. The average Bonchev–Trinajstić information content (AvgIpc) is 2.34. The molecule has 1 aromatic rings. The van der Waals surface area contributed by atoms with E-state index in [-0.39, 0.29) is 6.61 Å². The standard InChI is InChI=1S/C5H7NO2S/c7-3-4-8-5-1-2-6-9-5/h1-2,7H,3-4H2. The molecular weight excluding hydrogens is 138 g/mol. The molecule has 0 saturated carbocycles. The fourth-order valence-corrected chi connectivity index (χ4v) is 0.908. The molecule has 1 heterocycles. The van der Waals surface area contributed by atoms with Crippen molar-refractivity contribution in [3.8, 4) is 5.06 Å². The van der Waals surface area contributed by atoms with Crippen LogP contribution < -0.4 is 4.74 Å². The molecule has 0 unspecified atom stereocenters. The lowest BCUT2D eigenvalue weighted by Crippen LogP contribution is -1.99. The fraction of sp³-hybridized carbons (Fsp3) is 0.400. The molecule has 0 spiro atoms. The van der Waals surface area contributed by atoms with Crippen molar-refractivity contribution in [1.29, 1.82) is 0 Å². The zero-order chi connectivity index (χ0) is 6.53. The van der Waals surface area contributed by atoms with Gasteiger partial charge in [0.1, 0.15) is 6.61 Å². The summed E-state index contributed by atoms with van der Waals surface area (Å²) in [5, 5.41) is 9.08. The lowest BCUT2D eigenvalue weighted by molar-refractivity contribution is 0.205. The molecule has 0 bridgehead atoms. The SMILES string of the molecule is OCCOc1ccns1. The molecule has 3 nitrogen and oxygen atoms in total. The largest absolute Gasteiger partial charge is 0.480 e. The number of nitrogens with zero attached hydrogens (tertiary/aromatic N) is 1. The van der Waals surface area contributed by atoms with Crippen molar-refractivity contribution in [3.05, 3.63) is 12.3 Å². The van der Waals surface area contributed by atoms with Gasteiger partial charge in [0.05, 0.1) is 6.61 Å². The minimum atomic E-state index is 0.0535. The van der Waals surface area contributed by atoms with Crippen molar-refractivity contribution in [3.63, 3.8) is 0 Å². The van der Waals surface area contributed by atoms with Crippen LogP contribution in [0.2, 0.25) is 0 Å². The highest BCUT2D eigenvalue weighted by Crippen LogP contribution is 2.13. The van der Waals surface area contributed by atoms with Gasteiger partial charge < -0.3 is 9.84 Å². The molecule has 0 amide bonds. The predicted molar refractivity (Wildman–Crippen MR) is 34.7 cm³/mol. The van der Waals surface area contributed by atoms with Gasteiger partial charge in [-0.2, -0.15) is 4.37 Å². The molecule has 0 radical (unpaired) electrons. The van der Waals surface area contributed by atoms with Crippen LogP contribution in [0.3, 0.4) is 0 Å². The Morgan fingerprint density at radius 2 is 2.67 bits per heavy atom. The van der Waals surface area contributed by atoms with Gasteiger partial charge in [0.25, 0.3) is 0 Å². The van der Waals surface area contributed by atoms with Crippen molar-refractivity contribution >= 4 is 11.5 Å². The van der Waals surface area contributed by atoms with E-state index in [4.69, 9.17) is 9.84 Å². The van der Waals surface area contributed by atoms with Crippen LogP contribution in [0.1, 0.15) is 0 Å². The maximum atomic E-state index is 8.32. The summed E-state index contributed by atoms with van der Waals surface area (Å²) < 4.78 is 8.81. The van der Waals surface area contributed by atoms with Crippen molar-refractivity contribution in [2.75, 3.05) is 13.2 Å². The molecule has 0 aliphatic rings. The maximum absolute atomic E-state index is 8.32. The van der Waals surface area contributed by atoms with Crippen molar-refractivity contribution in [1.82, 2.24) is 4.37 Å². The van der Waals surface area contributed by atoms with E-state index in [9.17, 15) is 0 Å². The highest BCUT2D eigenvalue weighted by molar-refractivity contribution is 7.07. The van der Waals surface area contributed by atoms with Gasteiger partial charge in [0.15, 0.2) is 5.06 Å². The zero-order valence-electron chi connectivity index (χ0n) is 4.78. The van der Waals surface area contributed by atoms with E-state index in [1.165, 1.54) is 11.5 Å². The van der Waals surface area contributed by atoms with E-state index in [1.807, 2.05) is 0 Å². The summed E-state index contributed by atoms with van der Waals surface area (Å²) >= 11 is 1.28. The van der Waals surface area contributed by atoms with Gasteiger partial charge in [-0.25, -0.2) is 0 Å². The molecule has 0 fully saturated rings. The molecule has 50 valence electrons. The monoisotopic (exact) mass is 145 g/mol. The van der Waals surface area contributed by atoms with Gasteiger partial charge >= 0.3 is 0 Å². The highest BCUT2D eigenvalue weighted by Gasteiger charge is 1.90. The Morgan fingerprint density at radius 3 is 3.22 bits per heavy atom. The fourth-order valence-electron chi connectivity index (χ4n) is 0.425. The predicted octanol–water partition coefficient (Wildman–Crippen LogP) is 0.514. The van der Waals surface area contributed by atoms with Crippen LogP contribution in [0.5, 0.6) is 5.06 Å². The minimum absolute atomic E-state index is 0.0535. The lowest BCUT2D eigenvalue weighted by Gasteiger charge is -1.95. The van der Waals surface area contributed by atoms with Crippen LogP contribution in [-0.4, -0.2) is 22.7 Å². The number of rotatable bonds is 3. The highest BCUT2D eigenvalue weighted by atomic mass is 32.1. The molecular formula is C5H7NO2S.